The molecule has 4 nitrogen and oxygen atoms in total. The lowest BCUT2D eigenvalue weighted by molar-refractivity contribution is -0.137. The zero-order chi connectivity index (χ0) is 16.7. The average Bonchev–Trinajstić information content (AvgIpc) is 3.13. The first-order valence-corrected chi connectivity index (χ1v) is 8.23. The second-order valence-corrected chi connectivity index (χ2v) is 6.77. The number of alkyl halides is 3. The highest BCUT2D eigenvalue weighted by Crippen LogP contribution is 2.34. The van der Waals surface area contributed by atoms with Gasteiger partial charge in [-0.1, -0.05) is 17.3 Å². The Balaban J connectivity index is 0.00000182. The first kappa shape index (κ1) is 18.2. The Kier molecular flexibility index (Phi) is 5.06. The molecule has 1 aromatic carbocycles. The Hall–Kier alpha value is -1.60. The van der Waals surface area contributed by atoms with Crippen LogP contribution < -0.4 is 5.32 Å². The maximum Gasteiger partial charge on any atom is 0.416 e. The summed E-state index contributed by atoms with van der Waals surface area (Å²) in [6, 6.07) is 6.18. The Morgan fingerprint density at radius 2 is 1.88 bits per heavy atom. The predicted molar refractivity (Wildman–Crippen MR) is 88.4 cm³/mol. The minimum atomic E-state index is -4.38. The van der Waals surface area contributed by atoms with Crippen LogP contribution in [-0.4, -0.2) is 22.2 Å². The fourth-order valence-electron chi connectivity index (χ4n) is 3.88. The summed E-state index contributed by atoms with van der Waals surface area (Å²) >= 11 is 0. The molecule has 0 aliphatic carbocycles. The van der Waals surface area contributed by atoms with Crippen LogP contribution in [0, 0.1) is 5.92 Å². The molecule has 2 atom stereocenters. The van der Waals surface area contributed by atoms with E-state index >= 15 is 0 Å². The van der Waals surface area contributed by atoms with Crippen LogP contribution in [0.15, 0.2) is 28.8 Å². The summed E-state index contributed by atoms with van der Waals surface area (Å²) in [4.78, 5) is 4.30. The number of benzene rings is 1. The molecule has 1 aromatic heterocycles. The maximum atomic E-state index is 12.8. The van der Waals surface area contributed by atoms with E-state index in [1.54, 1.807) is 6.07 Å². The van der Waals surface area contributed by atoms with Crippen LogP contribution in [0.3, 0.4) is 0 Å². The van der Waals surface area contributed by atoms with E-state index < -0.39 is 11.7 Å². The van der Waals surface area contributed by atoms with Gasteiger partial charge in [0.25, 0.3) is 0 Å². The van der Waals surface area contributed by atoms with Gasteiger partial charge >= 0.3 is 6.18 Å². The van der Waals surface area contributed by atoms with Crippen LogP contribution in [0.25, 0.3) is 11.4 Å². The summed E-state index contributed by atoms with van der Waals surface area (Å²) in [5, 5.41) is 7.44. The standard InChI is InChI=1S/C17H18F3N3O.ClH/c18-17(19,20)12-3-1-2-11(9-12)16-22-15(24-23-16)8-10-6-13-4-5-14(7-10)21-13;/h1-3,9-10,13-14,21H,4-8H2;1H. The van der Waals surface area contributed by atoms with Crippen molar-refractivity contribution in [2.45, 2.75) is 50.4 Å². The lowest BCUT2D eigenvalue weighted by Crippen LogP contribution is -2.38. The van der Waals surface area contributed by atoms with Crippen molar-refractivity contribution in [2.75, 3.05) is 0 Å². The molecule has 0 amide bonds. The van der Waals surface area contributed by atoms with Gasteiger partial charge < -0.3 is 9.84 Å². The molecule has 2 aromatic rings. The topological polar surface area (TPSA) is 51.0 Å². The highest BCUT2D eigenvalue weighted by Gasteiger charge is 2.34. The molecule has 2 aliphatic rings. The summed E-state index contributed by atoms with van der Waals surface area (Å²) in [7, 11) is 0. The van der Waals surface area contributed by atoms with Gasteiger partial charge in [-0.05, 0) is 43.7 Å². The third kappa shape index (κ3) is 3.98. The van der Waals surface area contributed by atoms with Crippen molar-refractivity contribution in [3.8, 4) is 11.4 Å². The van der Waals surface area contributed by atoms with Crippen molar-refractivity contribution in [1.82, 2.24) is 15.5 Å². The van der Waals surface area contributed by atoms with Crippen molar-refractivity contribution >= 4 is 12.4 Å². The van der Waals surface area contributed by atoms with Gasteiger partial charge in [-0.25, -0.2) is 0 Å². The first-order valence-electron chi connectivity index (χ1n) is 8.23. The van der Waals surface area contributed by atoms with E-state index in [0.29, 0.717) is 35.9 Å². The molecule has 2 fully saturated rings. The van der Waals surface area contributed by atoms with Crippen molar-refractivity contribution in [2.24, 2.45) is 5.92 Å². The van der Waals surface area contributed by atoms with Crippen LogP contribution >= 0.6 is 12.4 Å². The van der Waals surface area contributed by atoms with Crippen molar-refractivity contribution in [3.63, 3.8) is 0 Å². The minimum Gasteiger partial charge on any atom is -0.339 e. The number of fused-ring (bicyclic) bond motifs is 2. The fraction of sp³-hybridized carbons (Fsp3) is 0.529. The molecule has 0 saturated carbocycles. The Labute approximate surface area is 149 Å². The van der Waals surface area contributed by atoms with E-state index in [9.17, 15) is 13.2 Å². The molecular formula is C17H19ClF3N3O. The Morgan fingerprint density at radius 3 is 2.56 bits per heavy atom. The lowest BCUT2D eigenvalue weighted by atomic mass is 9.90. The van der Waals surface area contributed by atoms with Gasteiger partial charge in [0.05, 0.1) is 5.56 Å². The van der Waals surface area contributed by atoms with Gasteiger partial charge in [-0.2, -0.15) is 18.2 Å². The van der Waals surface area contributed by atoms with Crippen molar-refractivity contribution in [1.29, 1.82) is 0 Å². The number of rotatable bonds is 3. The number of piperidine rings is 1. The average molecular weight is 374 g/mol. The lowest BCUT2D eigenvalue weighted by Gasteiger charge is -2.27. The van der Waals surface area contributed by atoms with Crippen LogP contribution in [-0.2, 0) is 12.6 Å². The molecule has 2 aliphatic heterocycles. The van der Waals surface area contributed by atoms with Gasteiger partial charge in [-0.3, -0.25) is 0 Å². The fourth-order valence-corrected chi connectivity index (χ4v) is 3.88. The molecular weight excluding hydrogens is 355 g/mol. The molecule has 8 heteroatoms. The van der Waals surface area contributed by atoms with Crippen LogP contribution in [0.5, 0.6) is 0 Å². The van der Waals surface area contributed by atoms with E-state index in [2.05, 4.69) is 15.5 Å². The van der Waals surface area contributed by atoms with Crippen LogP contribution in [0.2, 0.25) is 0 Å². The minimum absolute atomic E-state index is 0. The molecule has 0 radical (unpaired) electrons. The van der Waals surface area contributed by atoms with E-state index in [1.807, 2.05) is 0 Å². The molecule has 2 bridgehead atoms. The van der Waals surface area contributed by atoms with E-state index in [-0.39, 0.29) is 18.2 Å². The number of hydrogen-bond acceptors (Lipinski definition) is 4. The third-order valence-corrected chi connectivity index (χ3v) is 4.95. The van der Waals surface area contributed by atoms with Gasteiger partial charge in [0.2, 0.25) is 11.7 Å². The van der Waals surface area contributed by atoms with Crippen LogP contribution in [0.4, 0.5) is 13.2 Å². The Bertz CT molecular complexity index is 722. The normalized spacial score (nSPS) is 25.6. The van der Waals surface area contributed by atoms with E-state index in [1.165, 1.54) is 18.9 Å². The highest BCUT2D eigenvalue weighted by atomic mass is 35.5. The van der Waals surface area contributed by atoms with E-state index in [4.69, 9.17) is 4.52 Å². The van der Waals surface area contributed by atoms with Crippen LogP contribution in [0.1, 0.15) is 37.1 Å². The number of nitrogens with one attached hydrogen (secondary N) is 1. The third-order valence-electron chi connectivity index (χ3n) is 4.95. The first-order chi connectivity index (χ1) is 11.5. The second kappa shape index (κ2) is 6.96. The summed E-state index contributed by atoms with van der Waals surface area (Å²) in [6.07, 6.45) is 0.952. The molecule has 3 heterocycles. The van der Waals surface area contributed by atoms with Gasteiger partial charge in [-0.15, -0.1) is 12.4 Å². The quantitative estimate of drug-likeness (QED) is 0.873. The van der Waals surface area contributed by atoms with Gasteiger partial charge in [0, 0.05) is 24.1 Å². The number of aromatic nitrogens is 2. The molecule has 1 N–H and O–H groups in total. The number of hydrogen-bond donors (Lipinski definition) is 1. The largest absolute Gasteiger partial charge is 0.416 e. The smallest absolute Gasteiger partial charge is 0.339 e. The molecule has 4 rings (SSSR count). The zero-order valence-electron chi connectivity index (χ0n) is 13.4. The molecule has 2 unspecified atom stereocenters. The summed E-state index contributed by atoms with van der Waals surface area (Å²) in [5.41, 5.74) is -0.383. The molecule has 136 valence electrons. The Morgan fingerprint density at radius 1 is 1.16 bits per heavy atom. The van der Waals surface area contributed by atoms with Gasteiger partial charge in [0.15, 0.2) is 0 Å². The number of halogens is 4. The zero-order valence-corrected chi connectivity index (χ0v) is 14.2. The summed E-state index contributed by atoms with van der Waals surface area (Å²) in [5.74, 6) is 1.22. The second-order valence-electron chi connectivity index (χ2n) is 6.77. The molecule has 2 saturated heterocycles. The SMILES string of the molecule is Cl.FC(F)(F)c1cccc(-c2noc(CC3CC4CCC(C3)N4)n2)c1. The van der Waals surface area contributed by atoms with Gasteiger partial charge in [0.1, 0.15) is 0 Å². The predicted octanol–water partition coefficient (Wildman–Crippen LogP) is 4.25. The number of nitrogens with zero attached hydrogens (tertiary/aromatic N) is 2. The monoisotopic (exact) mass is 373 g/mol. The molecule has 0 spiro atoms. The maximum absolute atomic E-state index is 12.8. The molecule has 25 heavy (non-hydrogen) atoms. The summed E-state index contributed by atoms with van der Waals surface area (Å²) in [6.45, 7) is 0. The van der Waals surface area contributed by atoms with Crippen molar-refractivity contribution < 1.29 is 17.7 Å². The van der Waals surface area contributed by atoms with Crippen molar-refractivity contribution in [3.05, 3.63) is 35.7 Å². The van der Waals surface area contributed by atoms with E-state index in [0.717, 1.165) is 25.0 Å². The highest BCUT2D eigenvalue weighted by molar-refractivity contribution is 5.85. The summed E-state index contributed by atoms with van der Waals surface area (Å²) < 4.78 is 43.7.